The summed E-state index contributed by atoms with van der Waals surface area (Å²) in [5.41, 5.74) is -1.58. The summed E-state index contributed by atoms with van der Waals surface area (Å²) in [7, 11) is 1.33. The van der Waals surface area contributed by atoms with Crippen LogP contribution < -0.4 is 10.1 Å². The van der Waals surface area contributed by atoms with Crippen LogP contribution in [0.2, 0.25) is 0 Å². The molecule has 2 aromatic rings. The lowest BCUT2D eigenvalue weighted by molar-refractivity contribution is -0.136. The van der Waals surface area contributed by atoms with Crippen molar-refractivity contribution in [1.29, 1.82) is 0 Å². The number of pyridine rings is 1. The van der Waals surface area contributed by atoms with Crippen LogP contribution in [0.5, 0.6) is 5.75 Å². The average molecular weight is 328 g/mol. The fraction of sp³-hybridized carbons (Fsp3) is 0.333. The third kappa shape index (κ3) is 3.53. The van der Waals surface area contributed by atoms with Crippen LogP contribution in [0.25, 0.3) is 10.9 Å². The van der Waals surface area contributed by atoms with E-state index in [0.29, 0.717) is 0 Å². The van der Waals surface area contributed by atoms with Crippen LogP contribution in [0, 0.1) is 0 Å². The quantitative estimate of drug-likeness (QED) is 0.904. The van der Waals surface area contributed by atoms with Crippen molar-refractivity contribution in [2.45, 2.75) is 19.1 Å². The number of benzene rings is 1. The second-order valence-corrected chi connectivity index (χ2v) is 4.98. The standard InChI is InChI=1S/C15H15F3N2O3/c1-8(7-21)20-14(22)11-6-19-12-4-3-9(23-2)5-10(12)13(11)15(16,17)18/h3-6,8,21H,7H2,1-2H3,(H,20,22). The summed E-state index contributed by atoms with van der Waals surface area (Å²) < 4.78 is 45.4. The van der Waals surface area contributed by atoms with Crippen molar-refractivity contribution in [1.82, 2.24) is 10.3 Å². The zero-order valence-corrected chi connectivity index (χ0v) is 12.4. The summed E-state index contributed by atoms with van der Waals surface area (Å²) >= 11 is 0. The monoisotopic (exact) mass is 328 g/mol. The second kappa shape index (κ2) is 6.41. The maximum atomic E-state index is 13.5. The van der Waals surface area contributed by atoms with Crippen LogP contribution in [-0.2, 0) is 6.18 Å². The number of nitrogens with one attached hydrogen (secondary N) is 1. The molecule has 0 fully saturated rings. The number of fused-ring (bicyclic) bond motifs is 1. The van der Waals surface area contributed by atoms with Gasteiger partial charge in [-0.3, -0.25) is 9.78 Å². The molecule has 0 spiro atoms. The molecule has 1 amide bonds. The van der Waals surface area contributed by atoms with Gasteiger partial charge >= 0.3 is 6.18 Å². The van der Waals surface area contributed by atoms with Crippen molar-refractivity contribution >= 4 is 16.8 Å². The van der Waals surface area contributed by atoms with Crippen LogP contribution >= 0.6 is 0 Å². The van der Waals surface area contributed by atoms with Gasteiger partial charge in [0.1, 0.15) is 5.75 Å². The summed E-state index contributed by atoms with van der Waals surface area (Å²) in [5.74, 6) is -0.720. The maximum Gasteiger partial charge on any atom is 0.417 e. The van der Waals surface area contributed by atoms with E-state index in [1.807, 2.05) is 0 Å². The lowest BCUT2D eigenvalue weighted by atomic mass is 10.0. The minimum Gasteiger partial charge on any atom is -0.497 e. The zero-order chi connectivity index (χ0) is 17.2. The predicted octanol–water partition coefficient (Wildman–Crippen LogP) is 2.37. The highest BCUT2D eigenvalue weighted by Gasteiger charge is 2.38. The maximum absolute atomic E-state index is 13.5. The molecule has 0 saturated heterocycles. The molecule has 2 rings (SSSR count). The van der Waals surface area contributed by atoms with E-state index < -0.39 is 29.3 Å². The number of rotatable bonds is 4. The SMILES string of the molecule is COc1ccc2ncc(C(=O)NC(C)CO)c(C(F)(F)F)c2c1. The molecule has 1 aromatic carbocycles. The van der Waals surface area contributed by atoms with Gasteiger partial charge in [-0.1, -0.05) is 0 Å². The van der Waals surface area contributed by atoms with Crippen LogP contribution in [-0.4, -0.2) is 35.8 Å². The van der Waals surface area contributed by atoms with Crippen LogP contribution in [0.1, 0.15) is 22.8 Å². The Morgan fingerprint density at radius 1 is 1.43 bits per heavy atom. The molecule has 0 aliphatic carbocycles. The molecule has 124 valence electrons. The summed E-state index contributed by atoms with van der Waals surface area (Å²) in [6.45, 7) is 1.09. The van der Waals surface area contributed by atoms with E-state index in [9.17, 15) is 18.0 Å². The van der Waals surface area contributed by atoms with Gasteiger partial charge < -0.3 is 15.2 Å². The van der Waals surface area contributed by atoms with Crippen molar-refractivity contribution < 1.29 is 27.8 Å². The predicted molar refractivity (Wildman–Crippen MR) is 77.3 cm³/mol. The van der Waals surface area contributed by atoms with Gasteiger partial charge in [-0.25, -0.2) is 0 Å². The fourth-order valence-electron chi connectivity index (χ4n) is 2.12. The minimum absolute atomic E-state index is 0.102. The number of aliphatic hydroxyl groups excluding tert-OH is 1. The highest BCUT2D eigenvalue weighted by molar-refractivity contribution is 6.00. The van der Waals surface area contributed by atoms with E-state index >= 15 is 0 Å². The van der Waals surface area contributed by atoms with Crippen molar-refractivity contribution in [3.8, 4) is 5.75 Å². The molecular weight excluding hydrogens is 313 g/mol. The molecule has 0 saturated carbocycles. The number of amides is 1. The molecule has 8 heteroatoms. The molecule has 1 unspecified atom stereocenters. The summed E-state index contributed by atoms with van der Waals surface area (Å²) in [6.07, 6.45) is -3.86. The number of halogens is 3. The highest BCUT2D eigenvalue weighted by atomic mass is 19.4. The van der Waals surface area contributed by atoms with Gasteiger partial charge in [0.05, 0.1) is 30.4 Å². The first-order valence-corrected chi connectivity index (χ1v) is 6.73. The van der Waals surface area contributed by atoms with Crippen LogP contribution in [0.4, 0.5) is 13.2 Å². The second-order valence-electron chi connectivity index (χ2n) is 4.98. The van der Waals surface area contributed by atoms with Crippen molar-refractivity contribution in [2.75, 3.05) is 13.7 Å². The first kappa shape index (κ1) is 17.0. The van der Waals surface area contributed by atoms with Crippen molar-refractivity contribution in [3.63, 3.8) is 0 Å². The number of nitrogens with zero attached hydrogens (tertiary/aromatic N) is 1. The van der Waals surface area contributed by atoms with Gasteiger partial charge in [-0.05, 0) is 25.1 Å². The summed E-state index contributed by atoms with van der Waals surface area (Å²) in [6, 6.07) is 3.40. The summed E-state index contributed by atoms with van der Waals surface area (Å²) in [5, 5.41) is 11.0. The molecule has 0 bridgehead atoms. The Bertz CT molecular complexity index is 732. The first-order valence-electron chi connectivity index (χ1n) is 6.73. The fourth-order valence-corrected chi connectivity index (χ4v) is 2.12. The van der Waals surface area contributed by atoms with Gasteiger partial charge in [0, 0.05) is 17.6 Å². The van der Waals surface area contributed by atoms with Gasteiger partial charge in [0.2, 0.25) is 0 Å². The minimum atomic E-state index is -4.75. The smallest absolute Gasteiger partial charge is 0.417 e. The molecule has 5 nitrogen and oxygen atoms in total. The highest BCUT2D eigenvalue weighted by Crippen LogP contribution is 2.38. The van der Waals surface area contributed by atoms with Crippen molar-refractivity contribution in [3.05, 3.63) is 35.5 Å². The first-order chi connectivity index (χ1) is 10.8. The number of carbonyl (C=O) groups is 1. The van der Waals surface area contributed by atoms with Gasteiger partial charge in [-0.15, -0.1) is 0 Å². The number of methoxy groups -OCH3 is 1. The third-order valence-corrected chi connectivity index (χ3v) is 3.25. The molecule has 1 atom stereocenters. The zero-order valence-electron chi connectivity index (χ0n) is 12.4. The Hall–Kier alpha value is -2.35. The van der Waals surface area contributed by atoms with Gasteiger partial charge in [0.15, 0.2) is 0 Å². The lowest BCUT2D eigenvalue weighted by Crippen LogP contribution is -2.36. The van der Waals surface area contributed by atoms with Crippen molar-refractivity contribution in [2.24, 2.45) is 0 Å². The van der Waals surface area contributed by atoms with E-state index in [-0.39, 0.29) is 23.3 Å². The molecule has 0 radical (unpaired) electrons. The number of alkyl halides is 3. The Morgan fingerprint density at radius 2 is 2.13 bits per heavy atom. The number of aromatic nitrogens is 1. The number of aliphatic hydroxyl groups is 1. The van der Waals surface area contributed by atoms with Crippen LogP contribution in [0.15, 0.2) is 24.4 Å². The van der Waals surface area contributed by atoms with E-state index in [1.165, 1.54) is 32.2 Å². The Morgan fingerprint density at radius 3 is 2.70 bits per heavy atom. The summed E-state index contributed by atoms with van der Waals surface area (Å²) in [4.78, 5) is 16.0. The molecule has 2 N–H and O–H groups in total. The number of ether oxygens (including phenoxy) is 1. The Kier molecular flexibility index (Phi) is 4.74. The Balaban J connectivity index is 2.67. The van der Waals surface area contributed by atoms with E-state index in [0.717, 1.165) is 6.20 Å². The number of carbonyl (C=O) groups excluding carboxylic acids is 1. The average Bonchev–Trinajstić information content (AvgIpc) is 2.51. The molecule has 1 aromatic heterocycles. The number of hydrogen-bond acceptors (Lipinski definition) is 4. The van der Waals surface area contributed by atoms with Gasteiger partial charge in [0.25, 0.3) is 5.91 Å². The largest absolute Gasteiger partial charge is 0.497 e. The van der Waals surface area contributed by atoms with E-state index in [4.69, 9.17) is 9.84 Å². The lowest BCUT2D eigenvalue weighted by Gasteiger charge is -2.17. The molecule has 0 aliphatic heterocycles. The molecule has 1 heterocycles. The molecule has 0 aliphatic rings. The normalized spacial score (nSPS) is 13.0. The number of hydrogen-bond donors (Lipinski definition) is 2. The molecular formula is C15H15F3N2O3. The third-order valence-electron chi connectivity index (χ3n) is 3.25. The van der Waals surface area contributed by atoms with Crippen LogP contribution in [0.3, 0.4) is 0 Å². The molecule has 23 heavy (non-hydrogen) atoms. The Labute approximate surface area is 130 Å². The van der Waals surface area contributed by atoms with E-state index in [2.05, 4.69) is 10.3 Å². The van der Waals surface area contributed by atoms with Gasteiger partial charge in [-0.2, -0.15) is 13.2 Å². The van der Waals surface area contributed by atoms with E-state index in [1.54, 1.807) is 0 Å². The topological polar surface area (TPSA) is 71.5 Å².